The van der Waals surface area contributed by atoms with E-state index in [0.29, 0.717) is 11.5 Å². The summed E-state index contributed by atoms with van der Waals surface area (Å²) >= 11 is 1.86. The number of hydrogen-bond acceptors (Lipinski definition) is 4. The van der Waals surface area contributed by atoms with Crippen LogP contribution in [0.25, 0.3) is 0 Å². The minimum atomic E-state index is 0.182. The maximum Gasteiger partial charge on any atom is 0.122 e. The van der Waals surface area contributed by atoms with E-state index in [1.54, 1.807) is 0 Å². The van der Waals surface area contributed by atoms with Crippen molar-refractivity contribution in [1.82, 2.24) is 10.3 Å². The van der Waals surface area contributed by atoms with E-state index in [1.165, 1.54) is 22.0 Å². The summed E-state index contributed by atoms with van der Waals surface area (Å²) in [5.74, 6) is 0. The Kier molecular flexibility index (Phi) is 5.21. The van der Waals surface area contributed by atoms with Crippen LogP contribution in [0.1, 0.15) is 74.7 Å². The molecule has 1 N–H and O–H groups in total. The highest BCUT2D eigenvalue weighted by Crippen LogP contribution is 2.44. The Hall–Kier alpha value is -0.450. The average molecular weight is 296 g/mol. The zero-order valence-electron chi connectivity index (χ0n) is 13.5. The van der Waals surface area contributed by atoms with E-state index in [4.69, 9.17) is 9.72 Å². The number of nitrogens with one attached hydrogen (secondary N) is 1. The molecule has 20 heavy (non-hydrogen) atoms. The van der Waals surface area contributed by atoms with Crippen molar-refractivity contribution in [3.05, 3.63) is 15.6 Å². The molecule has 1 aromatic rings. The smallest absolute Gasteiger partial charge is 0.122 e. The fraction of sp³-hybridized carbons (Fsp3) is 0.812. The summed E-state index contributed by atoms with van der Waals surface area (Å²) < 4.78 is 5.89. The van der Waals surface area contributed by atoms with Gasteiger partial charge in [0.1, 0.15) is 11.1 Å². The third-order valence-electron chi connectivity index (χ3n) is 4.01. The molecule has 0 radical (unpaired) electrons. The highest BCUT2D eigenvalue weighted by atomic mass is 32.1. The van der Waals surface area contributed by atoms with Gasteiger partial charge in [-0.2, -0.15) is 0 Å². The first-order chi connectivity index (χ1) is 9.50. The molecule has 0 spiro atoms. The molecule has 114 valence electrons. The van der Waals surface area contributed by atoms with Crippen molar-refractivity contribution in [2.75, 3.05) is 13.7 Å². The van der Waals surface area contributed by atoms with Crippen LogP contribution in [0, 0.1) is 5.41 Å². The Labute approximate surface area is 127 Å². The number of fused-ring (bicyclic) bond motifs is 1. The van der Waals surface area contributed by atoms with Crippen molar-refractivity contribution in [1.29, 1.82) is 0 Å². The third kappa shape index (κ3) is 3.41. The van der Waals surface area contributed by atoms with Crippen molar-refractivity contribution in [2.24, 2.45) is 5.41 Å². The number of ether oxygens (including phenoxy) is 1. The Morgan fingerprint density at radius 1 is 1.45 bits per heavy atom. The van der Waals surface area contributed by atoms with Gasteiger partial charge < -0.3 is 10.1 Å². The van der Waals surface area contributed by atoms with Gasteiger partial charge >= 0.3 is 0 Å². The van der Waals surface area contributed by atoms with Gasteiger partial charge in [0.25, 0.3) is 0 Å². The molecule has 0 amide bonds. The summed E-state index contributed by atoms with van der Waals surface area (Å²) in [7, 11) is 2.06. The quantitative estimate of drug-likeness (QED) is 0.852. The Bertz CT molecular complexity index is 436. The minimum Gasteiger partial charge on any atom is -0.371 e. The molecule has 4 heteroatoms. The van der Waals surface area contributed by atoms with Crippen molar-refractivity contribution in [2.45, 2.75) is 65.5 Å². The molecular weight excluding hydrogens is 268 g/mol. The van der Waals surface area contributed by atoms with Crippen molar-refractivity contribution in [3.8, 4) is 0 Å². The lowest BCUT2D eigenvalue weighted by atomic mass is 9.76. The lowest BCUT2D eigenvalue weighted by Gasteiger charge is -2.34. The molecule has 1 heterocycles. The normalized spacial score (nSPS) is 22.6. The van der Waals surface area contributed by atoms with Gasteiger partial charge in [-0.3, -0.25) is 0 Å². The van der Waals surface area contributed by atoms with E-state index in [1.807, 2.05) is 11.3 Å². The maximum absolute atomic E-state index is 5.89. The highest BCUT2D eigenvalue weighted by molar-refractivity contribution is 7.11. The summed E-state index contributed by atoms with van der Waals surface area (Å²) in [5.41, 5.74) is 1.62. The van der Waals surface area contributed by atoms with E-state index in [2.05, 4.69) is 40.1 Å². The molecule has 1 aromatic heterocycles. The maximum atomic E-state index is 5.89. The molecule has 0 saturated heterocycles. The molecule has 0 bridgehead atoms. The van der Waals surface area contributed by atoms with Crippen LogP contribution >= 0.6 is 11.3 Å². The molecule has 0 aliphatic heterocycles. The van der Waals surface area contributed by atoms with Crippen molar-refractivity contribution >= 4 is 11.3 Å². The third-order valence-corrected chi connectivity index (χ3v) is 5.31. The van der Waals surface area contributed by atoms with E-state index in [9.17, 15) is 0 Å². The van der Waals surface area contributed by atoms with Crippen molar-refractivity contribution in [3.63, 3.8) is 0 Å². The Morgan fingerprint density at radius 3 is 2.80 bits per heavy atom. The molecule has 3 nitrogen and oxygen atoms in total. The average Bonchev–Trinajstić information content (AvgIpc) is 2.79. The van der Waals surface area contributed by atoms with Gasteiger partial charge in [-0.1, -0.05) is 27.2 Å². The topological polar surface area (TPSA) is 34.1 Å². The van der Waals surface area contributed by atoms with Crippen LogP contribution in [-0.4, -0.2) is 18.6 Å². The van der Waals surface area contributed by atoms with E-state index < -0.39 is 0 Å². The summed E-state index contributed by atoms with van der Waals surface area (Å²) in [4.78, 5) is 6.37. The monoisotopic (exact) mass is 296 g/mol. The van der Waals surface area contributed by atoms with Crippen LogP contribution in [0.4, 0.5) is 0 Å². The summed E-state index contributed by atoms with van der Waals surface area (Å²) in [6, 6.07) is 0.448. The van der Waals surface area contributed by atoms with E-state index in [0.717, 1.165) is 25.9 Å². The van der Waals surface area contributed by atoms with Crippen molar-refractivity contribution < 1.29 is 4.74 Å². The summed E-state index contributed by atoms with van der Waals surface area (Å²) in [6.07, 6.45) is 4.65. The van der Waals surface area contributed by atoms with Gasteiger partial charge in [0, 0.05) is 17.5 Å². The minimum absolute atomic E-state index is 0.182. The lowest BCUT2D eigenvalue weighted by molar-refractivity contribution is 0.0553. The molecule has 0 fully saturated rings. The highest BCUT2D eigenvalue weighted by Gasteiger charge is 2.35. The summed E-state index contributed by atoms with van der Waals surface area (Å²) in [5, 5.41) is 4.64. The second-order valence-corrected chi connectivity index (χ2v) is 7.54. The zero-order valence-corrected chi connectivity index (χ0v) is 14.3. The van der Waals surface area contributed by atoms with Crippen LogP contribution < -0.4 is 5.32 Å². The lowest BCUT2D eigenvalue weighted by Crippen LogP contribution is -2.30. The van der Waals surface area contributed by atoms with Gasteiger partial charge in [-0.25, -0.2) is 4.98 Å². The van der Waals surface area contributed by atoms with E-state index >= 15 is 0 Å². The number of thiazole rings is 1. The predicted octanol–water partition coefficient (Wildman–Crippen LogP) is 4.25. The molecule has 2 unspecified atom stereocenters. The molecule has 0 aromatic carbocycles. The van der Waals surface area contributed by atoms with Crippen LogP contribution in [-0.2, 0) is 11.2 Å². The molecule has 2 atom stereocenters. The predicted molar refractivity (Wildman–Crippen MR) is 85.3 cm³/mol. The van der Waals surface area contributed by atoms with Crippen LogP contribution in [0.15, 0.2) is 0 Å². The molecule has 1 aliphatic rings. The number of nitrogens with zero attached hydrogens (tertiary/aromatic N) is 1. The first-order valence-electron chi connectivity index (χ1n) is 7.79. The Balaban J connectivity index is 2.29. The number of hydrogen-bond donors (Lipinski definition) is 1. The molecule has 2 rings (SSSR count). The van der Waals surface area contributed by atoms with Gasteiger partial charge in [0.05, 0.1) is 5.69 Å². The van der Waals surface area contributed by atoms with Gasteiger partial charge in [0.2, 0.25) is 0 Å². The van der Waals surface area contributed by atoms with Gasteiger partial charge in [-0.05, 0) is 38.6 Å². The molecule has 0 saturated carbocycles. The summed E-state index contributed by atoms with van der Waals surface area (Å²) in [6.45, 7) is 9.71. The first kappa shape index (κ1) is 15.9. The fourth-order valence-corrected chi connectivity index (χ4v) is 4.34. The number of rotatable bonds is 6. The van der Waals surface area contributed by atoms with E-state index in [-0.39, 0.29) is 6.10 Å². The second-order valence-electron chi connectivity index (χ2n) is 6.48. The SMILES string of the molecule is CCCC(OCC)c1nc2c(s1)C(NC)CC(C)(C)C2. The van der Waals surface area contributed by atoms with Crippen LogP contribution in [0.3, 0.4) is 0 Å². The zero-order chi connectivity index (χ0) is 14.8. The van der Waals surface area contributed by atoms with Gasteiger partial charge in [-0.15, -0.1) is 11.3 Å². The number of aromatic nitrogens is 1. The molecule has 1 aliphatic carbocycles. The van der Waals surface area contributed by atoms with Gasteiger partial charge in [0.15, 0.2) is 0 Å². The fourth-order valence-electron chi connectivity index (χ4n) is 3.06. The van der Waals surface area contributed by atoms with Crippen LogP contribution in [0.5, 0.6) is 0 Å². The van der Waals surface area contributed by atoms with Crippen LogP contribution in [0.2, 0.25) is 0 Å². The standard InChI is InChI=1S/C16H28N2OS/c1-6-8-13(19-7-2)15-18-12-10-16(3,4)9-11(17-5)14(12)20-15/h11,13,17H,6-10H2,1-5H3. The Morgan fingerprint density at radius 2 is 2.20 bits per heavy atom. The largest absolute Gasteiger partial charge is 0.371 e. The second kappa shape index (κ2) is 6.54. The molecular formula is C16H28N2OS. The first-order valence-corrected chi connectivity index (χ1v) is 8.60.